The highest BCUT2D eigenvalue weighted by Gasteiger charge is 2.41. The van der Waals surface area contributed by atoms with Crippen molar-refractivity contribution in [2.45, 2.75) is 44.3 Å². The Balaban J connectivity index is 1.99. The van der Waals surface area contributed by atoms with Crippen LogP contribution in [-0.2, 0) is 6.18 Å². The number of carbonyl (C=O) groups excluding carboxylic acids is 1. The quantitative estimate of drug-likeness (QED) is 0.749. The number of aromatic nitrogens is 2. The van der Waals surface area contributed by atoms with Gasteiger partial charge in [0.15, 0.2) is 5.69 Å². The highest BCUT2D eigenvalue weighted by atomic mass is 35.5. The normalized spacial score (nSPS) is 15.9. The molecule has 1 aliphatic rings. The molecule has 0 saturated heterocycles. The summed E-state index contributed by atoms with van der Waals surface area (Å²) in [6.45, 7) is 0. The van der Waals surface area contributed by atoms with Crippen molar-refractivity contribution in [1.29, 1.82) is 0 Å². The van der Waals surface area contributed by atoms with Crippen molar-refractivity contribution >= 4 is 17.5 Å². The van der Waals surface area contributed by atoms with Gasteiger partial charge in [-0.25, -0.2) is 4.68 Å². The van der Waals surface area contributed by atoms with E-state index in [4.69, 9.17) is 11.6 Å². The Morgan fingerprint density at radius 3 is 2.38 bits per heavy atom. The second kappa shape index (κ2) is 7.31. The number of hydrogen-bond acceptors (Lipinski definition) is 2. The molecule has 3 rings (SSSR count). The van der Waals surface area contributed by atoms with Crippen LogP contribution < -0.4 is 0 Å². The molecule has 1 fully saturated rings. The lowest BCUT2D eigenvalue weighted by molar-refractivity contribution is -0.143. The van der Waals surface area contributed by atoms with Gasteiger partial charge in [-0.05, 0) is 37.1 Å². The molecular formula is C18H19ClF3N3O. The topological polar surface area (TPSA) is 38.1 Å². The predicted octanol–water partition coefficient (Wildman–Crippen LogP) is 4.95. The first-order valence-corrected chi connectivity index (χ1v) is 8.85. The summed E-state index contributed by atoms with van der Waals surface area (Å²) in [4.78, 5) is 14.2. The minimum atomic E-state index is -4.71. The summed E-state index contributed by atoms with van der Waals surface area (Å²) in [6, 6.07) is 5.80. The minimum Gasteiger partial charge on any atom is -0.339 e. The van der Waals surface area contributed by atoms with Gasteiger partial charge in [0.25, 0.3) is 5.91 Å². The molecule has 0 spiro atoms. The fourth-order valence-electron chi connectivity index (χ4n) is 3.38. The van der Waals surface area contributed by atoms with Crippen molar-refractivity contribution in [1.82, 2.24) is 14.7 Å². The molecule has 1 amide bonds. The SMILES string of the molecule is CN(C(=O)c1cnn(-c2ccc(Cl)cc2)c1C(F)(F)F)C1CCCCC1. The molecule has 26 heavy (non-hydrogen) atoms. The molecule has 0 N–H and O–H groups in total. The number of alkyl halides is 3. The average Bonchev–Trinajstić information content (AvgIpc) is 3.07. The zero-order valence-corrected chi connectivity index (χ0v) is 15.0. The van der Waals surface area contributed by atoms with E-state index < -0.39 is 23.3 Å². The van der Waals surface area contributed by atoms with Gasteiger partial charge >= 0.3 is 6.18 Å². The summed E-state index contributed by atoms with van der Waals surface area (Å²) in [7, 11) is 1.57. The van der Waals surface area contributed by atoms with E-state index in [0.29, 0.717) is 5.02 Å². The predicted molar refractivity (Wildman–Crippen MR) is 92.5 cm³/mol. The smallest absolute Gasteiger partial charge is 0.339 e. The molecule has 0 atom stereocenters. The summed E-state index contributed by atoms with van der Waals surface area (Å²) in [5, 5.41) is 4.24. The molecule has 140 valence electrons. The molecule has 4 nitrogen and oxygen atoms in total. The third-order valence-electron chi connectivity index (χ3n) is 4.78. The van der Waals surface area contributed by atoms with E-state index in [1.807, 2.05) is 0 Å². The van der Waals surface area contributed by atoms with Crippen molar-refractivity contribution in [3.8, 4) is 5.69 Å². The average molecular weight is 386 g/mol. The highest BCUT2D eigenvalue weighted by molar-refractivity contribution is 6.30. The third kappa shape index (κ3) is 3.72. The number of rotatable bonds is 3. The lowest BCUT2D eigenvalue weighted by Gasteiger charge is -2.31. The Bertz CT molecular complexity index is 780. The van der Waals surface area contributed by atoms with Crippen molar-refractivity contribution in [2.75, 3.05) is 7.05 Å². The number of benzene rings is 1. The lowest BCUT2D eigenvalue weighted by Crippen LogP contribution is -2.39. The van der Waals surface area contributed by atoms with Gasteiger partial charge < -0.3 is 4.90 Å². The fraction of sp³-hybridized carbons (Fsp3) is 0.444. The monoisotopic (exact) mass is 385 g/mol. The summed E-state index contributed by atoms with van der Waals surface area (Å²) < 4.78 is 41.9. The molecule has 0 bridgehead atoms. The first-order valence-electron chi connectivity index (χ1n) is 8.47. The van der Waals surface area contributed by atoms with Gasteiger partial charge in [0.1, 0.15) is 0 Å². The maximum absolute atomic E-state index is 13.7. The number of nitrogens with zero attached hydrogens (tertiary/aromatic N) is 3. The summed E-state index contributed by atoms with van der Waals surface area (Å²) in [5.74, 6) is -0.649. The minimum absolute atomic E-state index is 0.0313. The van der Waals surface area contributed by atoms with Crippen LogP contribution in [0.3, 0.4) is 0 Å². The van der Waals surface area contributed by atoms with Crippen LogP contribution in [0, 0.1) is 0 Å². The van der Waals surface area contributed by atoms with Gasteiger partial charge in [-0.2, -0.15) is 18.3 Å². The summed E-state index contributed by atoms with van der Waals surface area (Å²) >= 11 is 5.80. The Hall–Kier alpha value is -2.02. The van der Waals surface area contributed by atoms with Crippen LogP contribution in [0.25, 0.3) is 5.69 Å². The van der Waals surface area contributed by atoms with Gasteiger partial charge in [-0.1, -0.05) is 30.9 Å². The van der Waals surface area contributed by atoms with E-state index in [0.717, 1.165) is 43.0 Å². The first kappa shape index (κ1) is 18.8. The third-order valence-corrected chi connectivity index (χ3v) is 5.03. The second-order valence-corrected chi connectivity index (χ2v) is 6.94. The van der Waals surface area contributed by atoms with Crippen LogP contribution in [0.2, 0.25) is 5.02 Å². The van der Waals surface area contributed by atoms with Crippen LogP contribution >= 0.6 is 11.6 Å². The van der Waals surface area contributed by atoms with E-state index >= 15 is 0 Å². The van der Waals surface area contributed by atoms with Gasteiger partial charge in [0.05, 0.1) is 17.4 Å². The van der Waals surface area contributed by atoms with Gasteiger partial charge in [0.2, 0.25) is 0 Å². The Labute approximate surface area is 154 Å². The number of carbonyl (C=O) groups is 1. The Morgan fingerprint density at radius 1 is 1.19 bits per heavy atom. The molecular weight excluding hydrogens is 367 g/mol. The number of amides is 1. The maximum Gasteiger partial charge on any atom is 0.434 e. The largest absolute Gasteiger partial charge is 0.434 e. The van der Waals surface area contributed by atoms with E-state index in [2.05, 4.69) is 5.10 Å². The number of hydrogen-bond donors (Lipinski definition) is 0. The highest BCUT2D eigenvalue weighted by Crippen LogP contribution is 2.35. The number of halogens is 4. The van der Waals surface area contributed by atoms with Gasteiger partial charge in [0, 0.05) is 18.1 Å². The van der Waals surface area contributed by atoms with Gasteiger partial charge in [-0.15, -0.1) is 0 Å². The Morgan fingerprint density at radius 2 is 1.81 bits per heavy atom. The molecule has 2 aromatic rings. The molecule has 1 saturated carbocycles. The standard InChI is InChI=1S/C18H19ClF3N3O/c1-24(13-5-3-2-4-6-13)17(26)15-11-23-25(16(15)18(20,21)22)14-9-7-12(19)8-10-14/h7-11,13H,2-6H2,1H3. The molecule has 0 unspecified atom stereocenters. The van der Waals surface area contributed by atoms with Crippen molar-refractivity contribution in [3.63, 3.8) is 0 Å². The molecule has 1 heterocycles. The van der Waals surface area contributed by atoms with Gasteiger partial charge in [-0.3, -0.25) is 4.79 Å². The molecule has 0 aliphatic heterocycles. The van der Waals surface area contributed by atoms with Crippen LogP contribution in [0.5, 0.6) is 0 Å². The Kier molecular flexibility index (Phi) is 5.27. The van der Waals surface area contributed by atoms with Crippen LogP contribution in [0.4, 0.5) is 13.2 Å². The van der Waals surface area contributed by atoms with Crippen molar-refractivity contribution in [3.05, 3.63) is 46.7 Å². The fourth-order valence-corrected chi connectivity index (χ4v) is 3.51. The van der Waals surface area contributed by atoms with Crippen LogP contribution in [0.15, 0.2) is 30.5 Å². The van der Waals surface area contributed by atoms with E-state index in [1.54, 1.807) is 7.05 Å². The first-order chi connectivity index (χ1) is 12.3. The maximum atomic E-state index is 13.7. The van der Waals surface area contributed by atoms with Crippen molar-refractivity contribution in [2.24, 2.45) is 0 Å². The molecule has 8 heteroatoms. The van der Waals surface area contributed by atoms with Crippen LogP contribution in [-0.4, -0.2) is 33.7 Å². The zero-order valence-electron chi connectivity index (χ0n) is 14.3. The summed E-state index contributed by atoms with van der Waals surface area (Å²) in [6.07, 6.45) is 0.981. The second-order valence-electron chi connectivity index (χ2n) is 6.50. The van der Waals surface area contributed by atoms with Crippen LogP contribution in [0.1, 0.15) is 48.2 Å². The molecule has 1 aromatic carbocycles. The molecule has 1 aromatic heterocycles. The summed E-state index contributed by atoms with van der Waals surface area (Å²) in [5.41, 5.74) is -1.30. The zero-order chi connectivity index (χ0) is 18.9. The van der Waals surface area contributed by atoms with E-state index in [1.165, 1.54) is 29.2 Å². The molecule has 0 radical (unpaired) electrons. The lowest BCUT2D eigenvalue weighted by atomic mass is 9.94. The van der Waals surface area contributed by atoms with E-state index in [9.17, 15) is 18.0 Å². The van der Waals surface area contributed by atoms with Crippen molar-refractivity contribution < 1.29 is 18.0 Å². The van der Waals surface area contributed by atoms with E-state index in [-0.39, 0.29) is 11.7 Å². The molecule has 1 aliphatic carbocycles.